The van der Waals surface area contributed by atoms with Crippen molar-refractivity contribution < 1.29 is 38.2 Å². The highest BCUT2D eigenvalue weighted by Crippen LogP contribution is 2.36. The number of hydrogen-bond donors (Lipinski definition) is 3. The van der Waals surface area contributed by atoms with E-state index in [1.807, 2.05) is 44.2 Å². The number of ether oxygens (including phenoxy) is 3. The second-order valence-electron chi connectivity index (χ2n) is 17.1. The zero-order chi connectivity index (χ0) is 40.5. The third-order valence-corrected chi connectivity index (χ3v) is 10.8. The first kappa shape index (κ1) is 44.8. The lowest BCUT2D eigenvalue weighted by atomic mass is 9.76. The van der Waals surface area contributed by atoms with Crippen molar-refractivity contribution in [2.24, 2.45) is 23.5 Å². The Labute approximate surface area is 322 Å². The van der Waals surface area contributed by atoms with E-state index >= 15 is 0 Å². The number of hydrogen-bond acceptors (Lipinski definition) is 9. The van der Waals surface area contributed by atoms with Crippen molar-refractivity contribution in [2.45, 2.75) is 148 Å². The molecule has 1 aromatic carbocycles. The smallest absolute Gasteiger partial charge is 0.329 e. The number of benzene rings is 1. The summed E-state index contributed by atoms with van der Waals surface area (Å²) >= 11 is 0. The molecule has 0 bridgehead atoms. The standard InChI is InChI=1S/C41H67N5O8/c1-25(2)33(44-39(51)41(7,8)42)37(49)45(9)34(28-19-15-20-28)31(52-10)24-32(47)46-22-16-21-30(46)35(53-11)26(3)36(48)43-29(38(50)54-40(4,5)6)23-27-17-13-12-14-18-27/h12-14,17-18,25-26,28-31,33-35H,15-16,19-24,42H2,1-11H3,(H,43,48)(H,44,51)/t26-,29+,30+,31-,33+,34+,35-/m1/s1. The summed E-state index contributed by atoms with van der Waals surface area (Å²) < 4.78 is 17.6. The van der Waals surface area contributed by atoms with Gasteiger partial charge in [-0.3, -0.25) is 19.2 Å². The number of likely N-dealkylation sites (tertiary alicyclic amines) is 1. The molecule has 2 aliphatic rings. The van der Waals surface area contributed by atoms with Gasteiger partial charge in [0, 0.05) is 34.2 Å². The van der Waals surface area contributed by atoms with Crippen molar-refractivity contribution in [1.82, 2.24) is 20.4 Å². The maximum Gasteiger partial charge on any atom is 0.329 e. The molecule has 13 heteroatoms. The topological polar surface area (TPSA) is 170 Å². The summed E-state index contributed by atoms with van der Waals surface area (Å²) in [5, 5.41) is 5.77. The second-order valence-corrected chi connectivity index (χ2v) is 17.1. The maximum atomic E-state index is 14.2. The van der Waals surface area contributed by atoms with Gasteiger partial charge in [-0.15, -0.1) is 0 Å². The summed E-state index contributed by atoms with van der Waals surface area (Å²) in [5.41, 5.74) is 5.01. The van der Waals surface area contributed by atoms with Crippen molar-refractivity contribution in [1.29, 1.82) is 0 Å². The number of likely N-dealkylation sites (N-methyl/N-ethyl adjacent to an activating group) is 1. The first-order valence-electron chi connectivity index (χ1n) is 19.5. The van der Waals surface area contributed by atoms with Crippen molar-refractivity contribution in [3.8, 4) is 0 Å². The van der Waals surface area contributed by atoms with Gasteiger partial charge >= 0.3 is 5.97 Å². The number of nitrogens with zero attached hydrogens (tertiary/aromatic N) is 2. The molecule has 0 spiro atoms. The van der Waals surface area contributed by atoms with E-state index in [0.717, 1.165) is 31.2 Å². The Morgan fingerprint density at radius 2 is 1.56 bits per heavy atom. The average Bonchev–Trinajstić information content (AvgIpc) is 3.55. The van der Waals surface area contributed by atoms with Gasteiger partial charge < -0.3 is 40.4 Å². The normalized spacial score (nSPS) is 19.9. The van der Waals surface area contributed by atoms with Crippen LogP contribution in [0.5, 0.6) is 0 Å². The molecule has 7 atom stereocenters. The quantitative estimate of drug-likeness (QED) is 0.190. The lowest BCUT2D eigenvalue weighted by molar-refractivity contribution is -0.159. The number of amides is 4. The Hall–Kier alpha value is -3.55. The summed E-state index contributed by atoms with van der Waals surface area (Å²) in [7, 11) is 4.81. The van der Waals surface area contributed by atoms with Crippen LogP contribution in [-0.4, -0.2) is 115 Å². The number of methoxy groups -OCH3 is 2. The van der Waals surface area contributed by atoms with E-state index in [0.29, 0.717) is 13.0 Å². The summed E-state index contributed by atoms with van der Waals surface area (Å²) in [5.74, 6) is -2.53. The van der Waals surface area contributed by atoms with Crippen LogP contribution in [0.2, 0.25) is 0 Å². The zero-order valence-corrected chi connectivity index (χ0v) is 34.5. The highest BCUT2D eigenvalue weighted by Gasteiger charge is 2.45. The van der Waals surface area contributed by atoms with E-state index in [1.54, 1.807) is 65.5 Å². The minimum atomic E-state index is -1.16. The summed E-state index contributed by atoms with van der Waals surface area (Å²) in [6, 6.07) is 6.92. The number of nitrogens with one attached hydrogen (secondary N) is 2. The molecule has 2 fully saturated rings. The lowest BCUT2D eigenvalue weighted by Crippen LogP contribution is -2.61. The molecule has 4 amide bonds. The van der Waals surface area contributed by atoms with Crippen LogP contribution in [0.15, 0.2) is 30.3 Å². The highest BCUT2D eigenvalue weighted by molar-refractivity contribution is 5.92. The Kier molecular flexibility index (Phi) is 16.1. The molecule has 0 radical (unpaired) electrons. The van der Waals surface area contributed by atoms with Crippen molar-refractivity contribution in [3.05, 3.63) is 35.9 Å². The Morgan fingerprint density at radius 1 is 0.926 bits per heavy atom. The molecule has 1 aliphatic carbocycles. The Balaban J connectivity index is 1.79. The van der Waals surface area contributed by atoms with Crippen molar-refractivity contribution >= 4 is 29.6 Å². The molecular weight excluding hydrogens is 690 g/mol. The molecule has 3 rings (SSSR count). The van der Waals surface area contributed by atoms with Gasteiger partial charge in [0.05, 0.1) is 42.2 Å². The minimum absolute atomic E-state index is 0.0229. The largest absolute Gasteiger partial charge is 0.458 e. The van der Waals surface area contributed by atoms with Crippen LogP contribution < -0.4 is 16.4 Å². The van der Waals surface area contributed by atoms with Crippen molar-refractivity contribution in [3.63, 3.8) is 0 Å². The van der Waals surface area contributed by atoms with Gasteiger partial charge in [0.25, 0.3) is 0 Å². The molecule has 1 saturated heterocycles. The van der Waals surface area contributed by atoms with E-state index in [1.165, 1.54) is 7.11 Å². The van der Waals surface area contributed by atoms with Gasteiger partial charge in [0.15, 0.2) is 0 Å². The molecule has 4 N–H and O–H groups in total. The number of carbonyl (C=O) groups excluding carboxylic acids is 5. The Morgan fingerprint density at radius 3 is 2.06 bits per heavy atom. The van der Waals surface area contributed by atoms with Crippen LogP contribution in [0.25, 0.3) is 0 Å². The number of carbonyl (C=O) groups is 5. The fraction of sp³-hybridized carbons (Fsp3) is 0.732. The van der Waals surface area contributed by atoms with E-state index in [9.17, 15) is 24.0 Å². The Bertz CT molecular complexity index is 1420. The average molecular weight is 758 g/mol. The van der Waals surface area contributed by atoms with E-state index < -0.39 is 65.3 Å². The van der Waals surface area contributed by atoms with E-state index in [-0.39, 0.29) is 42.4 Å². The predicted molar refractivity (Wildman–Crippen MR) is 207 cm³/mol. The second kappa shape index (κ2) is 19.4. The third kappa shape index (κ3) is 12.0. The molecule has 54 heavy (non-hydrogen) atoms. The van der Waals surface area contributed by atoms with Gasteiger partial charge in [-0.25, -0.2) is 4.79 Å². The molecule has 1 saturated carbocycles. The van der Waals surface area contributed by atoms with Crippen LogP contribution in [0.3, 0.4) is 0 Å². The summed E-state index contributed by atoms with van der Waals surface area (Å²) in [6.45, 7) is 14.5. The number of esters is 1. The van der Waals surface area contributed by atoms with Crippen LogP contribution in [0.1, 0.15) is 99.5 Å². The minimum Gasteiger partial charge on any atom is -0.458 e. The van der Waals surface area contributed by atoms with Crippen LogP contribution in [0.4, 0.5) is 0 Å². The summed E-state index contributed by atoms with van der Waals surface area (Å²) in [6.07, 6.45) is 3.19. The molecule has 1 aliphatic heterocycles. The molecule has 1 heterocycles. The van der Waals surface area contributed by atoms with Gasteiger partial charge in [0.1, 0.15) is 17.7 Å². The van der Waals surface area contributed by atoms with Crippen LogP contribution >= 0.6 is 0 Å². The van der Waals surface area contributed by atoms with Gasteiger partial charge in [-0.05, 0) is 77.7 Å². The molecule has 1 aromatic rings. The van der Waals surface area contributed by atoms with Gasteiger partial charge in [-0.1, -0.05) is 57.5 Å². The molecular formula is C41H67N5O8. The van der Waals surface area contributed by atoms with E-state index in [2.05, 4.69) is 10.6 Å². The monoisotopic (exact) mass is 757 g/mol. The predicted octanol–water partition coefficient (Wildman–Crippen LogP) is 3.61. The fourth-order valence-electron chi connectivity index (χ4n) is 7.50. The highest BCUT2D eigenvalue weighted by atomic mass is 16.6. The first-order valence-corrected chi connectivity index (χ1v) is 19.5. The first-order chi connectivity index (χ1) is 25.2. The molecule has 0 unspecified atom stereocenters. The number of nitrogens with two attached hydrogens (primary N) is 1. The number of rotatable bonds is 18. The van der Waals surface area contributed by atoms with Gasteiger partial charge in [-0.2, -0.15) is 0 Å². The maximum absolute atomic E-state index is 14.2. The third-order valence-electron chi connectivity index (χ3n) is 10.8. The fourth-order valence-corrected chi connectivity index (χ4v) is 7.50. The molecule has 304 valence electrons. The lowest BCUT2D eigenvalue weighted by Gasteiger charge is -2.45. The van der Waals surface area contributed by atoms with Crippen LogP contribution in [-0.2, 0) is 44.6 Å². The van der Waals surface area contributed by atoms with Crippen LogP contribution in [0, 0.1) is 17.8 Å². The zero-order valence-electron chi connectivity index (χ0n) is 34.5. The molecule has 13 nitrogen and oxygen atoms in total. The van der Waals surface area contributed by atoms with E-state index in [4.69, 9.17) is 19.9 Å². The molecule has 0 aromatic heterocycles. The van der Waals surface area contributed by atoms with Gasteiger partial charge in [0.2, 0.25) is 23.6 Å². The SMILES string of the molecule is CO[C@H]([C@@H](C)C(=O)N[C@@H](Cc1ccccc1)C(=O)OC(C)(C)C)[C@@H]1CCCN1C(=O)C[C@@H](OC)[C@H](C1CCC1)N(C)C(=O)[C@@H](NC(=O)C(C)(C)N)C(C)C. The van der Waals surface area contributed by atoms with Crippen molar-refractivity contribution in [2.75, 3.05) is 27.8 Å². The summed E-state index contributed by atoms with van der Waals surface area (Å²) in [4.78, 5) is 71.6.